The SMILES string of the molecule is CCC1CCC(C(N)c2coc3ccccc23)CC1. The summed E-state index contributed by atoms with van der Waals surface area (Å²) in [6.45, 7) is 2.30. The van der Waals surface area contributed by atoms with Crippen LogP contribution in [0.1, 0.15) is 50.6 Å². The van der Waals surface area contributed by atoms with E-state index < -0.39 is 0 Å². The predicted octanol–water partition coefficient (Wildman–Crippen LogP) is 4.65. The number of hydrogen-bond donors (Lipinski definition) is 1. The van der Waals surface area contributed by atoms with Gasteiger partial charge < -0.3 is 10.2 Å². The van der Waals surface area contributed by atoms with Crippen LogP contribution in [0.3, 0.4) is 0 Å². The maximum absolute atomic E-state index is 6.51. The zero-order chi connectivity index (χ0) is 13.2. The van der Waals surface area contributed by atoms with E-state index in [9.17, 15) is 0 Å². The molecule has 0 spiro atoms. The van der Waals surface area contributed by atoms with Crippen molar-refractivity contribution < 1.29 is 4.42 Å². The lowest BCUT2D eigenvalue weighted by atomic mass is 9.76. The van der Waals surface area contributed by atoms with Gasteiger partial charge >= 0.3 is 0 Å². The molecule has 2 N–H and O–H groups in total. The second kappa shape index (κ2) is 5.38. The minimum absolute atomic E-state index is 0.126. The smallest absolute Gasteiger partial charge is 0.134 e. The molecule has 1 atom stereocenters. The summed E-state index contributed by atoms with van der Waals surface area (Å²) in [6.07, 6.45) is 8.38. The van der Waals surface area contributed by atoms with Gasteiger partial charge in [0.25, 0.3) is 0 Å². The van der Waals surface area contributed by atoms with Crippen LogP contribution in [0.5, 0.6) is 0 Å². The molecule has 1 unspecified atom stereocenters. The third-order valence-corrected chi connectivity index (χ3v) is 4.85. The van der Waals surface area contributed by atoms with E-state index in [4.69, 9.17) is 10.2 Å². The Bertz CT molecular complexity index is 537. The van der Waals surface area contributed by atoms with Crippen molar-refractivity contribution in [2.45, 2.75) is 45.1 Å². The Morgan fingerprint density at radius 1 is 1.21 bits per heavy atom. The first-order valence-corrected chi connectivity index (χ1v) is 7.51. The van der Waals surface area contributed by atoms with E-state index in [1.807, 2.05) is 18.4 Å². The number of rotatable bonds is 3. The van der Waals surface area contributed by atoms with Crippen LogP contribution in [0, 0.1) is 11.8 Å². The molecule has 0 radical (unpaired) electrons. The van der Waals surface area contributed by atoms with Crippen molar-refractivity contribution in [3.05, 3.63) is 36.1 Å². The van der Waals surface area contributed by atoms with E-state index in [1.54, 1.807) is 0 Å². The summed E-state index contributed by atoms with van der Waals surface area (Å²) in [5.74, 6) is 1.54. The maximum Gasteiger partial charge on any atom is 0.134 e. The summed E-state index contributed by atoms with van der Waals surface area (Å²) in [7, 11) is 0. The largest absolute Gasteiger partial charge is 0.464 e. The van der Waals surface area contributed by atoms with Crippen molar-refractivity contribution in [3.8, 4) is 0 Å². The van der Waals surface area contributed by atoms with Gasteiger partial charge in [-0.05, 0) is 30.7 Å². The fourth-order valence-corrected chi connectivity index (χ4v) is 3.47. The first-order valence-electron chi connectivity index (χ1n) is 7.51. The van der Waals surface area contributed by atoms with E-state index in [0.717, 1.165) is 11.5 Å². The van der Waals surface area contributed by atoms with Crippen molar-refractivity contribution in [1.82, 2.24) is 0 Å². The van der Waals surface area contributed by atoms with Crippen molar-refractivity contribution in [2.24, 2.45) is 17.6 Å². The van der Waals surface area contributed by atoms with Crippen LogP contribution in [0.4, 0.5) is 0 Å². The highest BCUT2D eigenvalue weighted by molar-refractivity contribution is 5.81. The van der Waals surface area contributed by atoms with Crippen molar-refractivity contribution in [2.75, 3.05) is 0 Å². The highest BCUT2D eigenvalue weighted by Gasteiger charge is 2.27. The number of nitrogens with two attached hydrogens (primary N) is 1. The van der Waals surface area contributed by atoms with E-state index in [0.29, 0.717) is 5.92 Å². The number of hydrogen-bond acceptors (Lipinski definition) is 2. The molecule has 0 aliphatic heterocycles. The summed E-state index contributed by atoms with van der Waals surface area (Å²) in [4.78, 5) is 0. The quantitative estimate of drug-likeness (QED) is 0.869. The lowest BCUT2D eigenvalue weighted by Crippen LogP contribution is -2.25. The first kappa shape index (κ1) is 12.7. The van der Waals surface area contributed by atoms with Gasteiger partial charge in [-0.1, -0.05) is 44.4 Å². The molecule has 2 nitrogen and oxygen atoms in total. The monoisotopic (exact) mass is 257 g/mol. The average molecular weight is 257 g/mol. The Kier molecular flexibility index (Phi) is 3.61. The average Bonchev–Trinajstić information content (AvgIpc) is 2.90. The van der Waals surface area contributed by atoms with Gasteiger partial charge in [-0.3, -0.25) is 0 Å². The van der Waals surface area contributed by atoms with Crippen LogP contribution in [0.15, 0.2) is 34.9 Å². The molecule has 102 valence electrons. The number of furan rings is 1. The van der Waals surface area contributed by atoms with Gasteiger partial charge in [-0.2, -0.15) is 0 Å². The van der Waals surface area contributed by atoms with Gasteiger partial charge in [-0.25, -0.2) is 0 Å². The molecule has 0 amide bonds. The third-order valence-electron chi connectivity index (χ3n) is 4.85. The van der Waals surface area contributed by atoms with Crippen LogP contribution >= 0.6 is 0 Å². The standard InChI is InChI=1S/C17H23NO/c1-2-12-7-9-13(10-8-12)17(18)15-11-19-16-6-4-3-5-14(15)16/h3-6,11-13,17H,2,7-10,18H2,1H3. The number of para-hydroxylation sites is 1. The fourth-order valence-electron chi connectivity index (χ4n) is 3.47. The van der Waals surface area contributed by atoms with E-state index in [-0.39, 0.29) is 6.04 Å². The summed E-state index contributed by atoms with van der Waals surface area (Å²) in [5.41, 5.74) is 8.65. The van der Waals surface area contributed by atoms with E-state index >= 15 is 0 Å². The van der Waals surface area contributed by atoms with Gasteiger partial charge in [-0.15, -0.1) is 0 Å². The fraction of sp³-hybridized carbons (Fsp3) is 0.529. The molecule has 1 aliphatic rings. The Hall–Kier alpha value is -1.28. The Morgan fingerprint density at radius 3 is 2.68 bits per heavy atom. The van der Waals surface area contributed by atoms with Crippen LogP contribution in [0.2, 0.25) is 0 Å². The molecule has 1 heterocycles. The van der Waals surface area contributed by atoms with Gasteiger partial charge in [0.15, 0.2) is 0 Å². The first-order chi connectivity index (χ1) is 9.29. The normalized spacial score (nSPS) is 25.6. The lowest BCUT2D eigenvalue weighted by Gasteiger charge is -2.31. The highest BCUT2D eigenvalue weighted by Crippen LogP contribution is 2.38. The van der Waals surface area contributed by atoms with Crippen LogP contribution in [-0.2, 0) is 0 Å². The molecule has 2 heteroatoms. The lowest BCUT2D eigenvalue weighted by molar-refractivity contribution is 0.240. The minimum Gasteiger partial charge on any atom is -0.464 e. The molecule has 1 aromatic heterocycles. The van der Waals surface area contributed by atoms with Gasteiger partial charge in [0.2, 0.25) is 0 Å². The molecule has 19 heavy (non-hydrogen) atoms. The zero-order valence-corrected chi connectivity index (χ0v) is 11.6. The van der Waals surface area contributed by atoms with Crippen LogP contribution < -0.4 is 5.73 Å². The Balaban J connectivity index is 1.79. The van der Waals surface area contributed by atoms with Crippen LogP contribution in [-0.4, -0.2) is 0 Å². The second-order valence-electron chi connectivity index (χ2n) is 5.90. The molecule has 1 aromatic carbocycles. The third kappa shape index (κ3) is 2.42. The van der Waals surface area contributed by atoms with Gasteiger partial charge in [0.1, 0.15) is 5.58 Å². The summed E-state index contributed by atoms with van der Waals surface area (Å²) in [6, 6.07) is 8.32. The second-order valence-corrected chi connectivity index (χ2v) is 5.90. The van der Waals surface area contributed by atoms with E-state index in [1.165, 1.54) is 43.1 Å². The van der Waals surface area contributed by atoms with Crippen molar-refractivity contribution in [1.29, 1.82) is 0 Å². The molecule has 0 bridgehead atoms. The summed E-state index contributed by atoms with van der Waals surface area (Å²) >= 11 is 0. The van der Waals surface area contributed by atoms with Crippen molar-refractivity contribution in [3.63, 3.8) is 0 Å². The molecule has 1 fully saturated rings. The summed E-state index contributed by atoms with van der Waals surface area (Å²) in [5, 5.41) is 1.19. The maximum atomic E-state index is 6.51. The van der Waals surface area contributed by atoms with Crippen LogP contribution in [0.25, 0.3) is 11.0 Å². The molecular formula is C17H23NO. The Morgan fingerprint density at radius 2 is 1.95 bits per heavy atom. The predicted molar refractivity (Wildman–Crippen MR) is 78.9 cm³/mol. The molecular weight excluding hydrogens is 234 g/mol. The van der Waals surface area contributed by atoms with Crippen molar-refractivity contribution >= 4 is 11.0 Å². The van der Waals surface area contributed by atoms with E-state index in [2.05, 4.69) is 19.1 Å². The zero-order valence-electron chi connectivity index (χ0n) is 11.6. The van der Waals surface area contributed by atoms with Gasteiger partial charge in [0, 0.05) is 17.0 Å². The molecule has 0 saturated heterocycles. The number of benzene rings is 1. The molecule has 1 saturated carbocycles. The molecule has 3 rings (SSSR count). The Labute approximate surface area is 115 Å². The highest BCUT2D eigenvalue weighted by atomic mass is 16.3. The molecule has 1 aliphatic carbocycles. The number of fused-ring (bicyclic) bond motifs is 1. The summed E-state index contributed by atoms with van der Waals surface area (Å²) < 4.78 is 5.62. The van der Waals surface area contributed by atoms with Gasteiger partial charge in [0.05, 0.1) is 6.26 Å². The topological polar surface area (TPSA) is 39.2 Å². The minimum atomic E-state index is 0.126. The molecule has 2 aromatic rings.